The second-order valence-corrected chi connectivity index (χ2v) is 6.10. The summed E-state index contributed by atoms with van der Waals surface area (Å²) in [6, 6.07) is 2.94. The number of aromatic nitrogens is 1. The Hall–Kier alpha value is -1.09. The van der Waals surface area contributed by atoms with Crippen molar-refractivity contribution in [3.63, 3.8) is 0 Å². The molecule has 0 aliphatic carbocycles. The molecule has 19 heavy (non-hydrogen) atoms. The van der Waals surface area contributed by atoms with Crippen molar-refractivity contribution in [2.24, 2.45) is 0 Å². The van der Waals surface area contributed by atoms with Gasteiger partial charge in [-0.05, 0) is 63.4 Å². The molecule has 2 saturated heterocycles. The molecule has 3 nitrogen and oxygen atoms in total. The lowest BCUT2D eigenvalue weighted by molar-refractivity contribution is 0.187. The van der Waals surface area contributed by atoms with Crippen LogP contribution in [0.2, 0.25) is 0 Å². The summed E-state index contributed by atoms with van der Waals surface area (Å²) in [7, 11) is 2.24. The van der Waals surface area contributed by atoms with Crippen LogP contribution in [0.25, 0.3) is 0 Å². The van der Waals surface area contributed by atoms with E-state index in [4.69, 9.17) is 4.98 Å². The van der Waals surface area contributed by atoms with Gasteiger partial charge in [0.25, 0.3) is 0 Å². The lowest BCUT2D eigenvalue weighted by Gasteiger charge is -2.33. The topological polar surface area (TPSA) is 19.4 Å². The van der Waals surface area contributed by atoms with Crippen molar-refractivity contribution in [2.45, 2.75) is 45.1 Å². The van der Waals surface area contributed by atoms with Gasteiger partial charge in [-0.2, -0.15) is 0 Å². The number of rotatable bonds is 2. The minimum Gasteiger partial charge on any atom is -0.356 e. The first-order chi connectivity index (χ1) is 9.25. The summed E-state index contributed by atoms with van der Waals surface area (Å²) in [4.78, 5) is 9.68. The molecule has 1 aromatic rings. The van der Waals surface area contributed by atoms with E-state index in [0.717, 1.165) is 0 Å². The number of anilines is 1. The fourth-order valence-electron chi connectivity index (χ4n) is 3.53. The lowest BCUT2D eigenvalue weighted by atomic mass is 9.96. The fraction of sp³-hybridized carbons (Fsp3) is 0.688. The third kappa shape index (κ3) is 2.62. The Bertz CT molecular complexity index is 438. The molecular weight excluding hydrogens is 234 g/mol. The molecule has 1 atom stereocenters. The van der Waals surface area contributed by atoms with Crippen LogP contribution in [0.4, 0.5) is 5.82 Å². The summed E-state index contributed by atoms with van der Waals surface area (Å²) >= 11 is 0. The first-order valence-electron chi connectivity index (χ1n) is 7.67. The van der Waals surface area contributed by atoms with Crippen molar-refractivity contribution >= 4 is 5.82 Å². The highest BCUT2D eigenvalue weighted by Crippen LogP contribution is 2.31. The first-order valence-corrected chi connectivity index (χ1v) is 7.67. The molecule has 0 aromatic carbocycles. The zero-order valence-electron chi connectivity index (χ0n) is 12.2. The molecule has 0 radical (unpaired) electrons. The van der Waals surface area contributed by atoms with E-state index in [9.17, 15) is 0 Å². The number of pyridine rings is 1. The van der Waals surface area contributed by atoms with Gasteiger partial charge in [-0.1, -0.05) is 6.42 Å². The maximum Gasteiger partial charge on any atom is 0.131 e. The summed E-state index contributed by atoms with van der Waals surface area (Å²) in [6.07, 6.45) is 8.71. The van der Waals surface area contributed by atoms with E-state index >= 15 is 0 Å². The molecule has 0 spiro atoms. The number of hydrogen-bond acceptors (Lipinski definition) is 3. The van der Waals surface area contributed by atoms with Crippen LogP contribution in [0.5, 0.6) is 0 Å². The van der Waals surface area contributed by atoms with Gasteiger partial charge in [-0.15, -0.1) is 0 Å². The zero-order valence-corrected chi connectivity index (χ0v) is 12.2. The summed E-state index contributed by atoms with van der Waals surface area (Å²) in [5.74, 6) is 1.21. The summed E-state index contributed by atoms with van der Waals surface area (Å²) in [6.45, 7) is 5.79. The van der Waals surface area contributed by atoms with Crippen LogP contribution in [-0.2, 0) is 0 Å². The largest absolute Gasteiger partial charge is 0.356 e. The van der Waals surface area contributed by atoms with Crippen LogP contribution < -0.4 is 4.90 Å². The maximum absolute atomic E-state index is 4.77. The van der Waals surface area contributed by atoms with Gasteiger partial charge in [0.15, 0.2) is 0 Å². The predicted octanol–water partition coefficient (Wildman–Crippen LogP) is 3.15. The minimum absolute atomic E-state index is 0.576. The van der Waals surface area contributed by atoms with Gasteiger partial charge < -0.3 is 4.90 Å². The molecular formula is C16H25N3. The van der Waals surface area contributed by atoms with Gasteiger partial charge in [0.2, 0.25) is 0 Å². The van der Waals surface area contributed by atoms with Crippen molar-refractivity contribution in [3.05, 3.63) is 23.4 Å². The van der Waals surface area contributed by atoms with E-state index in [1.165, 1.54) is 68.7 Å². The molecule has 2 fully saturated rings. The Morgan fingerprint density at radius 1 is 1.11 bits per heavy atom. The number of piperidine rings is 1. The Labute approximate surface area is 116 Å². The van der Waals surface area contributed by atoms with Gasteiger partial charge in [-0.3, -0.25) is 4.90 Å². The van der Waals surface area contributed by atoms with Crippen LogP contribution in [0.15, 0.2) is 12.3 Å². The van der Waals surface area contributed by atoms with Gasteiger partial charge in [-0.25, -0.2) is 4.98 Å². The highest BCUT2D eigenvalue weighted by atomic mass is 15.2. The van der Waals surface area contributed by atoms with E-state index in [1.54, 1.807) is 0 Å². The van der Waals surface area contributed by atoms with E-state index < -0.39 is 0 Å². The number of hydrogen-bond donors (Lipinski definition) is 0. The van der Waals surface area contributed by atoms with Crippen molar-refractivity contribution in [3.8, 4) is 0 Å². The molecule has 0 N–H and O–H groups in total. The SMILES string of the molecule is Cc1cc(C2CCCCN2C)cnc1N1CCCC1. The van der Waals surface area contributed by atoms with Crippen LogP contribution in [0.1, 0.15) is 49.3 Å². The molecule has 1 aromatic heterocycles. The molecule has 3 heterocycles. The van der Waals surface area contributed by atoms with Crippen molar-refractivity contribution in [1.82, 2.24) is 9.88 Å². The third-order valence-corrected chi connectivity index (χ3v) is 4.63. The maximum atomic E-state index is 4.77. The quantitative estimate of drug-likeness (QED) is 0.813. The van der Waals surface area contributed by atoms with E-state index in [0.29, 0.717) is 6.04 Å². The molecule has 2 aliphatic rings. The Morgan fingerprint density at radius 3 is 2.53 bits per heavy atom. The van der Waals surface area contributed by atoms with E-state index in [2.05, 4.69) is 36.0 Å². The third-order valence-electron chi connectivity index (χ3n) is 4.63. The first kappa shape index (κ1) is 12.9. The van der Waals surface area contributed by atoms with Crippen LogP contribution in [-0.4, -0.2) is 36.6 Å². The predicted molar refractivity (Wildman–Crippen MR) is 79.6 cm³/mol. The summed E-state index contributed by atoms with van der Waals surface area (Å²) in [5.41, 5.74) is 2.75. The minimum atomic E-state index is 0.576. The molecule has 1 unspecified atom stereocenters. The highest BCUT2D eigenvalue weighted by molar-refractivity contribution is 5.48. The highest BCUT2D eigenvalue weighted by Gasteiger charge is 2.22. The normalized spacial score (nSPS) is 24.9. The zero-order chi connectivity index (χ0) is 13.2. The van der Waals surface area contributed by atoms with Crippen LogP contribution >= 0.6 is 0 Å². The van der Waals surface area contributed by atoms with Gasteiger partial charge in [0.05, 0.1) is 0 Å². The lowest BCUT2D eigenvalue weighted by Crippen LogP contribution is -2.30. The molecule has 3 rings (SSSR count). The molecule has 0 bridgehead atoms. The average molecular weight is 259 g/mol. The molecule has 3 heteroatoms. The Morgan fingerprint density at radius 2 is 1.84 bits per heavy atom. The number of likely N-dealkylation sites (tertiary alicyclic amines) is 1. The van der Waals surface area contributed by atoms with Crippen molar-refractivity contribution in [2.75, 3.05) is 31.6 Å². The summed E-state index contributed by atoms with van der Waals surface area (Å²) in [5, 5.41) is 0. The average Bonchev–Trinajstić information content (AvgIpc) is 2.93. The molecule has 0 amide bonds. The van der Waals surface area contributed by atoms with Gasteiger partial charge in [0.1, 0.15) is 5.82 Å². The standard InChI is InChI=1S/C16H25N3/c1-13-11-14(15-7-3-4-8-18(15)2)12-17-16(13)19-9-5-6-10-19/h11-12,15H,3-10H2,1-2H3. The smallest absolute Gasteiger partial charge is 0.131 e. The van der Waals surface area contributed by atoms with E-state index in [1.807, 2.05) is 0 Å². The Kier molecular flexibility index (Phi) is 3.74. The second kappa shape index (κ2) is 5.49. The molecule has 0 saturated carbocycles. The molecule has 104 valence electrons. The fourth-order valence-corrected chi connectivity index (χ4v) is 3.53. The summed E-state index contributed by atoms with van der Waals surface area (Å²) < 4.78 is 0. The monoisotopic (exact) mass is 259 g/mol. The van der Waals surface area contributed by atoms with Crippen LogP contribution in [0, 0.1) is 6.92 Å². The number of nitrogens with zero attached hydrogens (tertiary/aromatic N) is 3. The second-order valence-electron chi connectivity index (χ2n) is 6.10. The van der Waals surface area contributed by atoms with E-state index in [-0.39, 0.29) is 0 Å². The molecule has 2 aliphatic heterocycles. The van der Waals surface area contributed by atoms with Crippen molar-refractivity contribution < 1.29 is 0 Å². The Balaban J connectivity index is 1.82. The van der Waals surface area contributed by atoms with Crippen molar-refractivity contribution in [1.29, 1.82) is 0 Å². The van der Waals surface area contributed by atoms with Gasteiger partial charge >= 0.3 is 0 Å². The number of aryl methyl sites for hydroxylation is 1. The van der Waals surface area contributed by atoms with Crippen LogP contribution in [0.3, 0.4) is 0 Å². The van der Waals surface area contributed by atoms with Gasteiger partial charge in [0, 0.05) is 25.3 Å².